The Morgan fingerprint density at radius 1 is 1.05 bits per heavy atom. The summed E-state index contributed by atoms with van der Waals surface area (Å²) in [6.07, 6.45) is 3.91. The first kappa shape index (κ1) is 15.0. The van der Waals surface area contributed by atoms with Crippen LogP contribution in [-0.2, 0) is 9.47 Å². The third-order valence-corrected chi connectivity index (χ3v) is 3.17. The first-order valence-electron chi connectivity index (χ1n) is 7.53. The van der Waals surface area contributed by atoms with Crippen LogP contribution >= 0.6 is 0 Å². The highest BCUT2D eigenvalue weighted by atomic mass is 16.7. The molecule has 20 heavy (non-hydrogen) atoms. The summed E-state index contributed by atoms with van der Waals surface area (Å²) in [5.74, 6) is 0.762. The fraction of sp³-hybridized carbons (Fsp3) is 0.562. The van der Waals surface area contributed by atoms with Gasteiger partial charge in [0.2, 0.25) is 6.29 Å². The third kappa shape index (κ3) is 4.05. The van der Waals surface area contributed by atoms with E-state index in [4.69, 9.17) is 9.47 Å². The van der Waals surface area contributed by atoms with Crippen molar-refractivity contribution in [2.75, 3.05) is 13.2 Å². The number of ether oxygens (including phenoxy) is 2. The SMILES string of the molecule is CCCCOC(OCCCC)c1nc2ccccc2[nH]1. The number of H-pyrrole nitrogens is 1. The van der Waals surface area contributed by atoms with Crippen LogP contribution in [0.4, 0.5) is 0 Å². The Bertz CT molecular complexity index is 467. The van der Waals surface area contributed by atoms with Crippen LogP contribution < -0.4 is 0 Å². The number of hydrogen-bond donors (Lipinski definition) is 1. The van der Waals surface area contributed by atoms with Crippen molar-refractivity contribution in [3.8, 4) is 0 Å². The van der Waals surface area contributed by atoms with E-state index in [-0.39, 0.29) is 6.29 Å². The maximum Gasteiger partial charge on any atom is 0.217 e. The minimum absolute atomic E-state index is 0.388. The van der Waals surface area contributed by atoms with Crippen molar-refractivity contribution in [2.45, 2.75) is 45.8 Å². The monoisotopic (exact) mass is 276 g/mol. The molecule has 0 saturated carbocycles. The zero-order valence-corrected chi connectivity index (χ0v) is 12.4. The Morgan fingerprint density at radius 3 is 2.30 bits per heavy atom. The topological polar surface area (TPSA) is 47.1 Å². The molecule has 2 rings (SSSR count). The maximum absolute atomic E-state index is 5.83. The Labute approximate surface area is 120 Å². The van der Waals surface area contributed by atoms with Crippen LogP contribution in [0.5, 0.6) is 0 Å². The molecule has 0 spiro atoms. The number of nitrogens with zero attached hydrogens (tertiary/aromatic N) is 1. The molecular weight excluding hydrogens is 252 g/mol. The molecule has 0 bridgehead atoms. The Balaban J connectivity index is 2.06. The Hall–Kier alpha value is -1.39. The molecule has 0 atom stereocenters. The second-order valence-electron chi connectivity index (χ2n) is 4.92. The summed E-state index contributed by atoms with van der Waals surface area (Å²) in [6.45, 7) is 5.70. The van der Waals surface area contributed by atoms with Gasteiger partial charge in [0, 0.05) is 0 Å². The van der Waals surface area contributed by atoms with Crippen LogP contribution in [0.3, 0.4) is 0 Å². The number of nitrogens with one attached hydrogen (secondary N) is 1. The van der Waals surface area contributed by atoms with Crippen molar-refractivity contribution in [1.82, 2.24) is 9.97 Å². The average molecular weight is 276 g/mol. The Morgan fingerprint density at radius 2 is 1.70 bits per heavy atom. The molecule has 0 unspecified atom stereocenters. The fourth-order valence-corrected chi connectivity index (χ4v) is 1.96. The van der Waals surface area contributed by atoms with Crippen molar-refractivity contribution < 1.29 is 9.47 Å². The molecule has 0 amide bonds. The molecule has 0 aliphatic heterocycles. The summed E-state index contributed by atoms with van der Waals surface area (Å²) in [6, 6.07) is 7.98. The standard InChI is InChI=1S/C16H24N2O2/c1-3-5-11-19-16(20-12-6-4-2)15-17-13-9-7-8-10-14(13)18-15/h7-10,16H,3-6,11-12H2,1-2H3,(H,17,18). The second kappa shape index (κ2) is 8.02. The normalized spacial score (nSPS) is 11.6. The van der Waals surface area contributed by atoms with Crippen LogP contribution in [0.15, 0.2) is 24.3 Å². The summed E-state index contributed by atoms with van der Waals surface area (Å²) in [7, 11) is 0. The second-order valence-corrected chi connectivity index (χ2v) is 4.92. The number of hydrogen-bond acceptors (Lipinski definition) is 3. The van der Waals surface area contributed by atoms with Gasteiger partial charge < -0.3 is 14.5 Å². The van der Waals surface area contributed by atoms with E-state index in [1.54, 1.807) is 0 Å². The number of imidazole rings is 1. The molecule has 0 saturated heterocycles. The fourth-order valence-electron chi connectivity index (χ4n) is 1.96. The van der Waals surface area contributed by atoms with Gasteiger partial charge in [-0.1, -0.05) is 38.8 Å². The van der Waals surface area contributed by atoms with Crippen molar-refractivity contribution in [1.29, 1.82) is 0 Å². The predicted octanol–water partition coefficient (Wildman–Crippen LogP) is 4.19. The number of unbranched alkanes of at least 4 members (excludes halogenated alkanes) is 2. The molecule has 1 aromatic carbocycles. The van der Waals surface area contributed by atoms with E-state index < -0.39 is 0 Å². The summed E-state index contributed by atoms with van der Waals surface area (Å²) < 4.78 is 11.7. The predicted molar refractivity (Wildman–Crippen MR) is 80.6 cm³/mol. The van der Waals surface area contributed by atoms with Crippen LogP contribution in [0.25, 0.3) is 11.0 Å². The van der Waals surface area contributed by atoms with Gasteiger partial charge in [-0.2, -0.15) is 0 Å². The number of aromatic nitrogens is 2. The maximum atomic E-state index is 5.83. The highest BCUT2D eigenvalue weighted by molar-refractivity contribution is 5.74. The van der Waals surface area contributed by atoms with Gasteiger partial charge in [-0.25, -0.2) is 4.98 Å². The van der Waals surface area contributed by atoms with E-state index >= 15 is 0 Å². The largest absolute Gasteiger partial charge is 0.346 e. The van der Waals surface area contributed by atoms with Gasteiger partial charge in [0.05, 0.1) is 24.2 Å². The molecule has 0 fully saturated rings. The smallest absolute Gasteiger partial charge is 0.217 e. The van der Waals surface area contributed by atoms with E-state index in [2.05, 4.69) is 23.8 Å². The lowest BCUT2D eigenvalue weighted by atomic mass is 10.3. The lowest BCUT2D eigenvalue weighted by Crippen LogP contribution is -2.12. The molecule has 2 aromatic rings. The van der Waals surface area contributed by atoms with Crippen LogP contribution in [-0.4, -0.2) is 23.2 Å². The summed E-state index contributed by atoms with van der Waals surface area (Å²) in [5, 5.41) is 0. The van der Waals surface area contributed by atoms with Gasteiger partial charge in [0.25, 0.3) is 0 Å². The molecule has 0 aliphatic rings. The average Bonchev–Trinajstić information content (AvgIpc) is 2.89. The van der Waals surface area contributed by atoms with Crippen molar-refractivity contribution in [2.24, 2.45) is 0 Å². The molecule has 1 N–H and O–H groups in total. The number of fused-ring (bicyclic) bond motifs is 1. The highest BCUT2D eigenvalue weighted by Crippen LogP contribution is 2.20. The lowest BCUT2D eigenvalue weighted by molar-refractivity contribution is -0.152. The minimum Gasteiger partial charge on any atom is -0.346 e. The molecule has 110 valence electrons. The minimum atomic E-state index is -0.388. The molecule has 0 aliphatic carbocycles. The van der Waals surface area contributed by atoms with Crippen LogP contribution in [0, 0.1) is 0 Å². The van der Waals surface area contributed by atoms with E-state index in [0.29, 0.717) is 13.2 Å². The van der Waals surface area contributed by atoms with Crippen molar-refractivity contribution in [3.05, 3.63) is 30.1 Å². The molecule has 1 aromatic heterocycles. The number of rotatable bonds is 9. The Kier molecular flexibility index (Phi) is 6.02. The number of benzene rings is 1. The molecular formula is C16H24N2O2. The molecule has 1 heterocycles. The van der Waals surface area contributed by atoms with Gasteiger partial charge >= 0.3 is 0 Å². The van der Waals surface area contributed by atoms with Gasteiger partial charge in [0.15, 0.2) is 5.82 Å². The first-order chi connectivity index (χ1) is 9.85. The van der Waals surface area contributed by atoms with Crippen LogP contribution in [0.2, 0.25) is 0 Å². The zero-order chi connectivity index (χ0) is 14.2. The van der Waals surface area contributed by atoms with Gasteiger partial charge in [-0.05, 0) is 25.0 Å². The highest BCUT2D eigenvalue weighted by Gasteiger charge is 2.16. The van der Waals surface area contributed by atoms with Crippen LogP contribution in [0.1, 0.15) is 51.6 Å². The van der Waals surface area contributed by atoms with E-state index in [1.807, 2.05) is 24.3 Å². The zero-order valence-electron chi connectivity index (χ0n) is 12.4. The van der Waals surface area contributed by atoms with E-state index in [0.717, 1.165) is 42.5 Å². The van der Waals surface area contributed by atoms with E-state index in [9.17, 15) is 0 Å². The van der Waals surface area contributed by atoms with E-state index in [1.165, 1.54) is 0 Å². The molecule has 0 radical (unpaired) electrons. The quantitative estimate of drug-likeness (QED) is 0.551. The van der Waals surface area contributed by atoms with Gasteiger partial charge in [-0.3, -0.25) is 0 Å². The summed E-state index contributed by atoms with van der Waals surface area (Å²) >= 11 is 0. The molecule has 4 heteroatoms. The van der Waals surface area contributed by atoms with Gasteiger partial charge in [0.1, 0.15) is 0 Å². The number of para-hydroxylation sites is 2. The summed E-state index contributed by atoms with van der Waals surface area (Å²) in [5.41, 5.74) is 1.97. The first-order valence-corrected chi connectivity index (χ1v) is 7.53. The third-order valence-electron chi connectivity index (χ3n) is 3.17. The molecule has 4 nitrogen and oxygen atoms in total. The van der Waals surface area contributed by atoms with Crippen molar-refractivity contribution >= 4 is 11.0 Å². The summed E-state index contributed by atoms with van der Waals surface area (Å²) in [4.78, 5) is 7.85. The lowest BCUT2D eigenvalue weighted by Gasteiger charge is -2.16. The van der Waals surface area contributed by atoms with Crippen molar-refractivity contribution in [3.63, 3.8) is 0 Å². The van der Waals surface area contributed by atoms with Gasteiger partial charge in [-0.15, -0.1) is 0 Å². The number of aromatic amines is 1.